The summed E-state index contributed by atoms with van der Waals surface area (Å²) in [7, 11) is 0. The zero-order valence-corrected chi connectivity index (χ0v) is 11.7. The number of aryl methyl sites for hydroxylation is 1. The Bertz CT molecular complexity index is 679. The molecule has 0 atom stereocenters. The summed E-state index contributed by atoms with van der Waals surface area (Å²) >= 11 is 0. The molecule has 0 saturated heterocycles. The molecule has 0 aliphatic rings. The Kier molecular flexibility index (Phi) is 4.22. The van der Waals surface area contributed by atoms with E-state index in [1.807, 2.05) is 13.0 Å². The number of amides is 1. The van der Waals surface area contributed by atoms with Crippen molar-refractivity contribution in [2.45, 2.75) is 20.4 Å². The van der Waals surface area contributed by atoms with Crippen molar-refractivity contribution in [3.8, 4) is 0 Å². The van der Waals surface area contributed by atoms with Gasteiger partial charge in [0, 0.05) is 18.3 Å². The van der Waals surface area contributed by atoms with Gasteiger partial charge in [0.25, 0.3) is 0 Å². The van der Waals surface area contributed by atoms with Gasteiger partial charge in [-0.1, -0.05) is 6.07 Å². The number of hydrogen-bond donors (Lipinski definition) is 2. The molecule has 2 N–H and O–H groups in total. The molecule has 1 aromatic heterocycles. The zero-order valence-electron chi connectivity index (χ0n) is 11.7. The van der Waals surface area contributed by atoms with E-state index < -0.39 is 4.92 Å². The number of rotatable bonds is 5. The van der Waals surface area contributed by atoms with Gasteiger partial charge in [0.05, 0.1) is 12.6 Å². The summed E-state index contributed by atoms with van der Waals surface area (Å²) in [5.41, 5.74) is 2.49. The molecule has 21 heavy (non-hydrogen) atoms. The van der Waals surface area contributed by atoms with Crippen LogP contribution in [-0.4, -0.2) is 10.8 Å². The first-order chi connectivity index (χ1) is 9.95. The maximum atomic E-state index is 11.0. The summed E-state index contributed by atoms with van der Waals surface area (Å²) in [6.07, 6.45) is 0. The second-order valence-electron chi connectivity index (χ2n) is 4.56. The lowest BCUT2D eigenvalue weighted by Gasteiger charge is -2.10. The average molecular weight is 289 g/mol. The zero-order chi connectivity index (χ0) is 15.4. The van der Waals surface area contributed by atoms with Crippen LogP contribution in [0, 0.1) is 17.0 Å². The summed E-state index contributed by atoms with van der Waals surface area (Å²) in [5.74, 6) is 0.0352. The quantitative estimate of drug-likeness (QED) is 0.651. The molecule has 110 valence electrons. The Hall–Kier alpha value is -2.83. The standard InChI is InChI=1S/C14H15N3O4/c1-9-3-4-11(16-10(2)18)7-13(9)15-8-12-5-6-14(21-12)17(19)20/h3-7,15H,8H2,1-2H3,(H,16,18). The van der Waals surface area contributed by atoms with Gasteiger partial charge in [-0.15, -0.1) is 0 Å². The lowest BCUT2D eigenvalue weighted by atomic mass is 10.1. The first-order valence-electron chi connectivity index (χ1n) is 6.31. The molecule has 0 fully saturated rings. The highest BCUT2D eigenvalue weighted by Crippen LogP contribution is 2.22. The molecule has 0 bridgehead atoms. The Morgan fingerprint density at radius 1 is 1.33 bits per heavy atom. The fraction of sp³-hybridized carbons (Fsp3) is 0.214. The van der Waals surface area contributed by atoms with Gasteiger partial charge in [-0.25, -0.2) is 0 Å². The molecule has 1 heterocycles. The SMILES string of the molecule is CC(=O)Nc1ccc(C)c(NCc2ccc([N+](=O)[O-])o2)c1. The van der Waals surface area contributed by atoms with Crippen LogP contribution in [0.15, 0.2) is 34.7 Å². The molecule has 0 aliphatic carbocycles. The van der Waals surface area contributed by atoms with Crippen molar-refractivity contribution in [2.75, 3.05) is 10.6 Å². The number of carbonyl (C=O) groups is 1. The smallest absolute Gasteiger partial charge is 0.404 e. The lowest BCUT2D eigenvalue weighted by Crippen LogP contribution is -2.07. The Morgan fingerprint density at radius 3 is 2.71 bits per heavy atom. The van der Waals surface area contributed by atoms with E-state index in [-0.39, 0.29) is 11.8 Å². The summed E-state index contributed by atoms with van der Waals surface area (Å²) in [6.45, 7) is 3.68. The van der Waals surface area contributed by atoms with Gasteiger partial charge in [-0.2, -0.15) is 0 Å². The number of nitrogens with zero attached hydrogens (tertiary/aromatic N) is 1. The molecule has 0 aliphatic heterocycles. The van der Waals surface area contributed by atoms with Gasteiger partial charge < -0.3 is 15.1 Å². The highest BCUT2D eigenvalue weighted by molar-refractivity contribution is 5.89. The van der Waals surface area contributed by atoms with Crippen LogP contribution in [0.2, 0.25) is 0 Å². The van der Waals surface area contributed by atoms with Crippen molar-refractivity contribution in [3.05, 3.63) is 51.8 Å². The molecule has 0 saturated carbocycles. The third-order valence-corrected chi connectivity index (χ3v) is 2.84. The van der Waals surface area contributed by atoms with Gasteiger partial charge in [-0.3, -0.25) is 14.9 Å². The third-order valence-electron chi connectivity index (χ3n) is 2.84. The maximum Gasteiger partial charge on any atom is 0.433 e. The highest BCUT2D eigenvalue weighted by atomic mass is 16.6. The molecular formula is C14H15N3O4. The van der Waals surface area contributed by atoms with Crippen LogP contribution < -0.4 is 10.6 Å². The van der Waals surface area contributed by atoms with Crippen LogP contribution in [0.5, 0.6) is 0 Å². The molecule has 2 rings (SSSR count). The summed E-state index contributed by atoms with van der Waals surface area (Å²) in [5, 5.41) is 16.4. The van der Waals surface area contributed by atoms with Crippen LogP contribution in [0.3, 0.4) is 0 Å². The average Bonchev–Trinajstić information content (AvgIpc) is 2.88. The first kappa shape index (κ1) is 14.6. The van der Waals surface area contributed by atoms with E-state index in [1.165, 1.54) is 13.0 Å². The van der Waals surface area contributed by atoms with Crippen LogP contribution >= 0.6 is 0 Å². The van der Waals surface area contributed by atoms with E-state index in [1.54, 1.807) is 18.2 Å². The van der Waals surface area contributed by atoms with Gasteiger partial charge in [0.1, 0.15) is 10.7 Å². The minimum absolute atomic E-state index is 0.147. The number of hydrogen-bond acceptors (Lipinski definition) is 5. The highest BCUT2D eigenvalue weighted by Gasteiger charge is 2.11. The van der Waals surface area contributed by atoms with E-state index in [0.29, 0.717) is 18.0 Å². The predicted octanol–water partition coefficient (Wildman–Crippen LogP) is 3.07. The number of nitrogens with one attached hydrogen (secondary N) is 2. The van der Waals surface area contributed by atoms with Crippen LogP contribution in [0.1, 0.15) is 18.2 Å². The molecule has 1 amide bonds. The topological polar surface area (TPSA) is 97.4 Å². The van der Waals surface area contributed by atoms with Gasteiger partial charge in [-0.05, 0) is 30.7 Å². The Labute approximate surface area is 121 Å². The fourth-order valence-corrected chi connectivity index (χ4v) is 1.84. The number of anilines is 2. The van der Waals surface area contributed by atoms with E-state index in [9.17, 15) is 14.9 Å². The predicted molar refractivity (Wildman–Crippen MR) is 78.2 cm³/mol. The van der Waals surface area contributed by atoms with Crippen molar-refractivity contribution in [1.29, 1.82) is 0 Å². The van der Waals surface area contributed by atoms with Crippen molar-refractivity contribution < 1.29 is 14.1 Å². The monoisotopic (exact) mass is 289 g/mol. The van der Waals surface area contributed by atoms with E-state index in [2.05, 4.69) is 10.6 Å². The molecule has 0 radical (unpaired) electrons. The largest absolute Gasteiger partial charge is 0.433 e. The maximum absolute atomic E-state index is 11.0. The Balaban J connectivity index is 2.07. The van der Waals surface area contributed by atoms with Crippen LogP contribution in [0.25, 0.3) is 0 Å². The molecule has 0 spiro atoms. The van der Waals surface area contributed by atoms with E-state index in [0.717, 1.165) is 11.3 Å². The fourth-order valence-electron chi connectivity index (χ4n) is 1.84. The van der Waals surface area contributed by atoms with Gasteiger partial charge in [0.2, 0.25) is 5.91 Å². The third kappa shape index (κ3) is 3.82. The molecule has 7 heteroatoms. The number of nitro groups is 1. The van der Waals surface area contributed by atoms with Crippen molar-refractivity contribution in [1.82, 2.24) is 0 Å². The van der Waals surface area contributed by atoms with Crippen LogP contribution in [0.4, 0.5) is 17.3 Å². The molecule has 0 unspecified atom stereocenters. The van der Waals surface area contributed by atoms with Crippen molar-refractivity contribution in [2.24, 2.45) is 0 Å². The van der Waals surface area contributed by atoms with E-state index >= 15 is 0 Å². The molecule has 7 nitrogen and oxygen atoms in total. The molecule has 2 aromatic rings. The number of benzene rings is 1. The molecule has 1 aromatic carbocycles. The normalized spacial score (nSPS) is 10.2. The number of carbonyl (C=O) groups excluding carboxylic acids is 1. The van der Waals surface area contributed by atoms with E-state index in [4.69, 9.17) is 4.42 Å². The summed E-state index contributed by atoms with van der Waals surface area (Å²) in [6, 6.07) is 8.35. The summed E-state index contributed by atoms with van der Waals surface area (Å²) in [4.78, 5) is 21.0. The second-order valence-corrected chi connectivity index (χ2v) is 4.56. The minimum atomic E-state index is -0.577. The first-order valence-corrected chi connectivity index (χ1v) is 6.31. The van der Waals surface area contributed by atoms with Crippen molar-refractivity contribution in [3.63, 3.8) is 0 Å². The number of furan rings is 1. The second kappa shape index (κ2) is 6.08. The lowest BCUT2D eigenvalue weighted by molar-refractivity contribution is -0.402. The minimum Gasteiger partial charge on any atom is -0.404 e. The Morgan fingerprint density at radius 2 is 2.10 bits per heavy atom. The van der Waals surface area contributed by atoms with Gasteiger partial charge in [0.15, 0.2) is 0 Å². The van der Waals surface area contributed by atoms with Gasteiger partial charge >= 0.3 is 5.88 Å². The summed E-state index contributed by atoms with van der Waals surface area (Å²) < 4.78 is 5.07. The van der Waals surface area contributed by atoms with Crippen LogP contribution in [-0.2, 0) is 11.3 Å². The van der Waals surface area contributed by atoms with Crippen molar-refractivity contribution >= 4 is 23.2 Å². The molecular weight excluding hydrogens is 274 g/mol.